The lowest BCUT2D eigenvalue weighted by Crippen LogP contribution is -2.50. The van der Waals surface area contributed by atoms with Crippen LogP contribution in [0.1, 0.15) is 21.5 Å². The molecule has 0 atom stereocenters. The smallest absolute Gasteiger partial charge is 0.380 e. The lowest BCUT2D eigenvalue weighted by atomic mass is 10.1. The summed E-state index contributed by atoms with van der Waals surface area (Å²) in [6, 6.07) is 10.6. The molecule has 1 saturated heterocycles. The first kappa shape index (κ1) is 22.3. The fraction of sp³-hybridized carbons (Fsp3) is 0.350. The van der Waals surface area contributed by atoms with E-state index in [0.29, 0.717) is 18.2 Å². The van der Waals surface area contributed by atoms with Crippen LogP contribution >= 0.6 is 0 Å². The lowest BCUT2D eigenvalue weighted by Gasteiger charge is -2.34. The van der Waals surface area contributed by atoms with Crippen molar-refractivity contribution >= 4 is 15.9 Å². The summed E-state index contributed by atoms with van der Waals surface area (Å²) in [5.41, 5.74) is 0.293. The zero-order valence-electron chi connectivity index (χ0n) is 16.2. The summed E-state index contributed by atoms with van der Waals surface area (Å²) in [5, 5.41) is 0. The molecule has 0 unspecified atom stereocenters. The topological polar surface area (TPSA) is 66.9 Å². The SMILES string of the molecule is COCc1cccc(C(=O)N2CCN(S(=O)(=O)c3cccc(C(F)(F)F)c3)CC2)c1. The van der Waals surface area contributed by atoms with E-state index < -0.39 is 26.7 Å². The number of hydrogen-bond donors (Lipinski definition) is 0. The summed E-state index contributed by atoms with van der Waals surface area (Å²) in [6.07, 6.45) is -4.63. The van der Waals surface area contributed by atoms with Crippen molar-refractivity contribution < 1.29 is 31.1 Å². The Hall–Kier alpha value is -2.43. The van der Waals surface area contributed by atoms with Crippen molar-refractivity contribution in [3.63, 3.8) is 0 Å². The van der Waals surface area contributed by atoms with E-state index in [4.69, 9.17) is 4.74 Å². The van der Waals surface area contributed by atoms with Crippen molar-refractivity contribution in [2.24, 2.45) is 0 Å². The Labute approximate surface area is 172 Å². The van der Waals surface area contributed by atoms with Gasteiger partial charge in [-0.25, -0.2) is 8.42 Å². The molecule has 6 nitrogen and oxygen atoms in total. The van der Waals surface area contributed by atoms with Crippen LogP contribution in [0.5, 0.6) is 0 Å². The zero-order valence-corrected chi connectivity index (χ0v) is 17.0. The van der Waals surface area contributed by atoms with Crippen LogP contribution in [0, 0.1) is 0 Å². The third kappa shape index (κ3) is 4.82. The van der Waals surface area contributed by atoms with Crippen LogP contribution < -0.4 is 0 Å². The minimum Gasteiger partial charge on any atom is -0.380 e. The Morgan fingerprint density at radius 2 is 1.70 bits per heavy atom. The number of halogens is 3. The fourth-order valence-electron chi connectivity index (χ4n) is 3.26. The second kappa shape index (κ2) is 8.75. The molecule has 1 heterocycles. The van der Waals surface area contributed by atoms with Gasteiger partial charge in [0.05, 0.1) is 17.1 Å². The van der Waals surface area contributed by atoms with Crippen molar-refractivity contribution in [2.75, 3.05) is 33.3 Å². The molecule has 162 valence electrons. The molecular formula is C20H21F3N2O4S. The number of amides is 1. The maximum Gasteiger partial charge on any atom is 0.416 e. The number of nitrogens with zero attached hydrogens (tertiary/aromatic N) is 2. The van der Waals surface area contributed by atoms with Gasteiger partial charge in [0.25, 0.3) is 5.91 Å². The summed E-state index contributed by atoms with van der Waals surface area (Å²) in [5.74, 6) is -0.232. The van der Waals surface area contributed by atoms with Crippen LogP contribution in [0.4, 0.5) is 13.2 Å². The van der Waals surface area contributed by atoms with Gasteiger partial charge in [0.15, 0.2) is 0 Å². The number of sulfonamides is 1. The maximum absolute atomic E-state index is 12.9. The second-order valence-corrected chi connectivity index (χ2v) is 8.79. The number of hydrogen-bond acceptors (Lipinski definition) is 4. The van der Waals surface area contributed by atoms with E-state index in [9.17, 15) is 26.4 Å². The highest BCUT2D eigenvalue weighted by Gasteiger charge is 2.34. The van der Waals surface area contributed by atoms with E-state index in [1.165, 1.54) is 4.90 Å². The number of rotatable bonds is 5. The molecule has 0 aliphatic carbocycles. The first-order valence-electron chi connectivity index (χ1n) is 9.17. The molecule has 1 amide bonds. The van der Waals surface area contributed by atoms with Gasteiger partial charge in [-0.05, 0) is 35.9 Å². The minimum atomic E-state index is -4.63. The molecule has 1 fully saturated rings. The molecule has 30 heavy (non-hydrogen) atoms. The number of alkyl halides is 3. The van der Waals surface area contributed by atoms with Crippen molar-refractivity contribution in [3.8, 4) is 0 Å². The summed E-state index contributed by atoms with van der Waals surface area (Å²) in [7, 11) is -2.54. The van der Waals surface area contributed by atoms with Gasteiger partial charge in [0, 0.05) is 38.9 Å². The first-order valence-corrected chi connectivity index (χ1v) is 10.6. The van der Waals surface area contributed by atoms with Gasteiger partial charge in [0.1, 0.15) is 0 Å². The van der Waals surface area contributed by atoms with Crippen LogP contribution in [0.3, 0.4) is 0 Å². The number of benzene rings is 2. The van der Waals surface area contributed by atoms with Crippen LogP contribution in [0.25, 0.3) is 0 Å². The number of methoxy groups -OCH3 is 1. The predicted molar refractivity (Wildman–Crippen MR) is 103 cm³/mol. The normalized spacial score (nSPS) is 15.9. The van der Waals surface area contributed by atoms with Crippen LogP contribution in [0.15, 0.2) is 53.4 Å². The largest absolute Gasteiger partial charge is 0.416 e. The van der Waals surface area contributed by atoms with Gasteiger partial charge in [0.2, 0.25) is 10.0 Å². The van der Waals surface area contributed by atoms with Gasteiger partial charge in [-0.15, -0.1) is 0 Å². The Morgan fingerprint density at radius 1 is 1.03 bits per heavy atom. The standard InChI is InChI=1S/C20H21F3N2O4S/c1-29-14-15-4-2-5-16(12-15)19(26)24-8-10-25(11-9-24)30(27,28)18-7-3-6-17(13-18)20(21,22)23/h2-7,12-13H,8-11,14H2,1H3. The van der Waals surface area contributed by atoms with E-state index in [1.54, 1.807) is 25.3 Å². The average molecular weight is 442 g/mol. The van der Waals surface area contributed by atoms with Crippen molar-refractivity contribution in [3.05, 3.63) is 65.2 Å². The Morgan fingerprint density at radius 3 is 2.33 bits per heavy atom. The number of ether oxygens (including phenoxy) is 1. The van der Waals surface area contributed by atoms with Gasteiger partial charge in [-0.2, -0.15) is 17.5 Å². The molecule has 10 heteroatoms. The van der Waals surface area contributed by atoms with Gasteiger partial charge >= 0.3 is 6.18 Å². The summed E-state index contributed by atoms with van der Waals surface area (Å²) >= 11 is 0. The third-order valence-electron chi connectivity index (χ3n) is 4.81. The number of carbonyl (C=O) groups is 1. The highest BCUT2D eigenvalue weighted by atomic mass is 32.2. The second-order valence-electron chi connectivity index (χ2n) is 6.86. The average Bonchev–Trinajstić information content (AvgIpc) is 2.73. The van der Waals surface area contributed by atoms with Crippen molar-refractivity contribution in [1.82, 2.24) is 9.21 Å². The van der Waals surface area contributed by atoms with E-state index in [0.717, 1.165) is 28.1 Å². The van der Waals surface area contributed by atoms with Gasteiger partial charge in [-0.3, -0.25) is 4.79 Å². The molecule has 0 spiro atoms. The van der Waals surface area contributed by atoms with E-state index in [-0.39, 0.29) is 32.1 Å². The van der Waals surface area contributed by atoms with Crippen LogP contribution in [-0.2, 0) is 27.5 Å². The first-order chi connectivity index (χ1) is 14.1. The summed E-state index contributed by atoms with van der Waals surface area (Å²) in [6.45, 7) is 0.658. The van der Waals surface area contributed by atoms with E-state index in [2.05, 4.69) is 0 Å². The summed E-state index contributed by atoms with van der Waals surface area (Å²) in [4.78, 5) is 13.8. The molecule has 0 saturated carbocycles. The molecule has 0 aromatic heterocycles. The minimum absolute atomic E-state index is 0.00206. The van der Waals surface area contributed by atoms with Crippen molar-refractivity contribution in [2.45, 2.75) is 17.7 Å². The fourth-order valence-corrected chi connectivity index (χ4v) is 4.73. The molecule has 0 bridgehead atoms. The quantitative estimate of drug-likeness (QED) is 0.714. The third-order valence-corrected chi connectivity index (χ3v) is 6.70. The molecule has 3 rings (SSSR count). The number of carbonyl (C=O) groups excluding carboxylic acids is 1. The van der Waals surface area contributed by atoms with Gasteiger partial charge in [-0.1, -0.05) is 18.2 Å². The monoisotopic (exact) mass is 442 g/mol. The zero-order chi connectivity index (χ0) is 21.9. The molecule has 2 aromatic carbocycles. The predicted octanol–water partition coefficient (Wildman–Crippen LogP) is 3.00. The lowest BCUT2D eigenvalue weighted by molar-refractivity contribution is -0.137. The molecule has 0 radical (unpaired) electrons. The highest BCUT2D eigenvalue weighted by molar-refractivity contribution is 7.89. The van der Waals surface area contributed by atoms with Gasteiger partial charge < -0.3 is 9.64 Å². The maximum atomic E-state index is 12.9. The Kier molecular flexibility index (Phi) is 6.49. The Bertz CT molecular complexity index is 1020. The number of piperazine rings is 1. The molecule has 0 N–H and O–H groups in total. The summed E-state index contributed by atoms with van der Waals surface area (Å²) < 4.78 is 70.5. The molecule has 1 aliphatic rings. The molecule has 2 aromatic rings. The van der Waals surface area contributed by atoms with Crippen LogP contribution in [-0.4, -0.2) is 56.8 Å². The van der Waals surface area contributed by atoms with Crippen LogP contribution in [0.2, 0.25) is 0 Å². The Balaban J connectivity index is 1.70. The molecule has 1 aliphatic heterocycles. The van der Waals surface area contributed by atoms with Crippen molar-refractivity contribution in [1.29, 1.82) is 0 Å². The highest BCUT2D eigenvalue weighted by Crippen LogP contribution is 2.31. The van der Waals surface area contributed by atoms with E-state index in [1.807, 2.05) is 6.07 Å². The van der Waals surface area contributed by atoms with E-state index >= 15 is 0 Å². The molecular weight excluding hydrogens is 421 g/mol.